The molecule has 0 bridgehead atoms. The van der Waals surface area contributed by atoms with E-state index in [4.69, 9.17) is 11.2 Å². The van der Waals surface area contributed by atoms with E-state index in [1.54, 1.807) is 20.1 Å². The molecule has 2 N–H and O–H groups in total. The van der Waals surface area contributed by atoms with Gasteiger partial charge < -0.3 is 14.6 Å². The summed E-state index contributed by atoms with van der Waals surface area (Å²) in [5.74, 6) is 4.07. The summed E-state index contributed by atoms with van der Waals surface area (Å²) < 4.78 is 37.8. The third-order valence-electron chi connectivity index (χ3n) is 14.3. The van der Waals surface area contributed by atoms with Gasteiger partial charge in [0.05, 0.1) is 30.1 Å². The molecule has 3 aromatic rings. The Morgan fingerprint density at radius 2 is 1.55 bits per heavy atom. The Hall–Kier alpha value is -5.56. The summed E-state index contributed by atoms with van der Waals surface area (Å²) in [7, 11) is 5.67. The van der Waals surface area contributed by atoms with E-state index in [-0.39, 0.29) is 17.4 Å². The highest BCUT2D eigenvalue weighted by molar-refractivity contribution is 6.07. The second kappa shape index (κ2) is 38.9. The first-order valence-electron chi connectivity index (χ1n) is 29.2. The molecule has 1 saturated carbocycles. The summed E-state index contributed by atoms with van der Waals surface area (Å²) in [4.78, 5) is 29.3. The van der Waals surface area contributed by atoms with Crippen LogP contribution in [0.5, 0.6) is 0 Å². The molecule has 2 fully saturated rings. The molecule has 3 aliphatic rings. The molecule has 10 heteroatoms. The maximum absolute atomic E-state index is 14.0. The van der Waals surface area contributed by atoms with Gasteiger partial charge in [0.15, 0.2) is 5.71 Å². The van der Waals surface area contributed by atoms with Gasteiger partial charge in [-0.3, -0.25) is 14.9 Å². The quantitative estimate of drug-likeness (QED) is 0.0610. The largest absolute Gasteiger partial charge is 0.500 e. The first-order chi connectivity index (χ1) is 36.7. The van der Waals surface area contributed by atoms with Crippen molar-refractivity contribution in [2.24, 2.45) is 18.9 Å². The number of rotatable bonds is 17. The number of piperidine rings is 1. The molecule has 3 unspecified atom stereocenters. The molecule has 3 atom stereocenters. The molecule has 6 rings (SSSR count). The summed E-state index contributed by atoms with van der Waals surface area (Å²) in [5.41, 5.74) is 8.64. The molecule has 77 heavy (non-hydrogen) atoms. The summed E-state index contributed by atoms with van der Waals surface area (Å²) in [6.07, 6.45) is 33.4. The highest BCUT2D eigenvalue weighted by Crippen LogP contribution is 2.35. The van der Waals surface area contributed by atoms with Crippen molar-refractivity contribution < 1.29 is 27.7 Å². The first-order valence-corrected chi connectivity index (χ1v) is 29.2. The molecule has 428 valence electrons. The van der Waals surface area contributed by atoms with Gasteiger partial charge in [0.2, 0.25) is 11.9 Å². The number of unbranched alkanes of at least 4 members (excludes halogenated alkanes) is 2. The van der Waals surface area contributed by atoms with Crippen LogP contribution in [0.25, 0.3) is 11.0 Å². The molecule has 1 aliphatic carbocycles. The number of ether oxygens (including phenoxy) is 1. The topological polar surface area (TPSA) is 88.3 Å². The summed E-state index contributed by atoms with van der Waals surface area (Å²) in [5, 5.41) is 5.70. The van der Waals surface area contributed by atoms with Crippen molar-refractivity contribution >= 4 is 34.5 Å². The number of nitrogens with zero attached hydrogens (tertiary/aromatic N) is 3. The van der Waals surface area contributed by atoms with Crippen LogP contribution in [0.1, 0.15) is 221 Å². The molecule has 3 heterocycles. The van der Waals surface area contributed by atoms with Gasteiger partial charge in [-0.25, -0.2) is 18.3 Å². The normalized spacial score (nSPS) is 16.6. The van der Waals surface area contributed by atoms with Gasteiger partial charge in [0.1, 0.15) is 31.0 Å². The third-order valence-corrected chi connectivity index (χ3v) is 14.3. The van der Waals surface area contributed by atoms with Crippen molar-refractivity contribution in [1.29, 1.82) is 0 Å². The fourth-order valence-electron chi connectivity index (χ4n) is 9.16. The molecule has 0 spiro atoms. The molecule has 2 aromatic carbocycles. The van der Waals surface area contributed by atoms with Crippen LogP contribution in [0.4, 0.5) is 14.7 Å². The number of carbonyl (C=O) groups excluding carboxylic acids is 2. The molecule has 2 amide bonds. The van der Waals surface area contributed by atoms with Gasteiger partial charge in [-0.15, -0.1) is 12.3 Å². The average Bonchev–Trinajstić information content (AvgIpc) is 4.09. The van der Waals surface area contributed by atoms with E-state index in [9.17, 15) is 18.4 Å². The lowest BCUT2D eigenvalue weighted by atomic mass is 9.86. The van der Waals surface area contributed by atoms with Crippen molar-refractivity contribution in [3.8, 4) is 12.3 Å². The second-order valence-corrected chi connectivity index (χ2v) is 21.2. The van der Waals surface area contributed by atoms with Crippen LogP contribution in [-0.4, -0.2) is 52.4 Å². The lowest BCUT2D eigenvalue weighted by molar-refractivity contribution is -0.498. The number of fused-ring (bicyclic) bond motifs is 1. The highest BCUT2D eigenvalue weighted by atomic mass is 19.1. The monoisotopic (exact) mass is 1060 g/mol. The number of methoxy groups -OCH3 is 1. The molecule has 8 nitrogen and oxygen atoms in total. The number of nitrogens with one attached hydrogen (secondary N) is 2. The Bertz CT molecular complexity index is 2460. The van der Waals surface area contributed by atoms with E-state index in [1.165, 1.54) is 102 Å². The van der Waals surface area contributed by atoms with Crippen molar-refractivity contribution in [2.45, 2.75) is 218 Å². The number of benzene rings is 2. The molecule has 1 saturated heterocycles. The Kier molecular flexibility index (Phi) is 35.1. The van der Waals surface area contributed by atoms with Gasteiger partial charge in [0, 0.05) is 49.6 Å². The molecule has 0 radical (unpaired) electrons. The van der Waals surface area contributed by atoms with Crippen LogP contribution >= 0.6 is 0 Å². The van der Waals surface area contributed by atoms with Gasteiger partial charge in [-0.1, -0.05) is 163 Å². The predicted octanol–water partition coefficient (Wildman–Crippen LogP) is 18.1. The number of carbonyl (C=O) groups is 2. The molecular formula is C67H104F2N5O3+. The fourth-order valence-corrected chi connectivity index (χ4v) is 9.16. The van der Waals surface area contributed by atoms with E-state index < -0.39 is 17.6 Å². The van der Waals surface area contributed by atoms with Crippen LogP contribution in [0.3, 0.4) is 0 Å². The number of terminal acetylenes is 1. The fraction of sp³-hybridized carbons (Fsp3) is 0.582. The van der Waals surface area contributed by atoms with Crippen molar-refractivity contribution in [1.82, 2.24) is 14.9 Å². The van der Waals surface area contributed by atoms with Gasteiger partial charge in [0.25, 0.3) is 5.91 Å². The zero-order valence-electron chi connectivity index (χ0n) is 51.1. The van der Waals surface area contributed by atoms with Crippen LogP contribution in [0.2, 0.25) is 0 Å². The minimum Gasteiger partial charge on any atom is -0.500 e. The number of allylic oxidation sites excluding steroid dienone is 6. The number of halogens is 2. The lowest BCUT2D eigenvalue weighted by Crippen LogP contribution is -2.32. The SMILES string of the molecule is C#CCC(CC)CCC.C1CCCC1.C=C(C)/C=C(\C=C(/C)C1=C(OC)CC[N+](C)=C1C)C(=O)Nc1nc2ccc(C)cc2n1C.CC/C=C1/NC(=O)CCC1c1c(F)cc(C)cc1F.CCCC.CCCCC(C)CC. The maximum Gasteiger partial charge on any atom is 0.257 e. The number of aromatic nitrogens is 2. The number of aryl methyl sites for hydroxylation is 3. The Balaban J connectivity index is 0.000000551. The summed E-state index contributed by atoms with van der Waals surface area (Å²) >= 11 is 0. The van der Waals surface area contributed by atoms with Crippen LogP contribution < -0.4 is 10.6 Å². The summed E-state index contributed by atoms with van der Waals surface area (Å²) in [6, 6.07) is 8.70. The number of hydrogen-bond acceptors (Lipinski definition) is 4. The average molecular weight is 1070 g/mol. The Labute approximate surface area is 467 Å². The van der Waals surface area contributed by atoms with Crippen LogP contribution in [-0.2, 0) is 21.4 Å². The third kappa shape index (κ3) is 25.2. The van der Waals surface area contributed by atoms with Crippen LogP contribution in [0.15, 0.2) is 88.9 Å². The minimum atomic E-state index is -0.541. The number of anilines is 1. The minimum absolute atomic E-state index is 0.0605. The second-order valence-electron chi connectivity index (χ2n) is 21.2. The molecule has 1 aromatic heterocycles. The molecule has 2 aliphatic heterocycles. The number of imidazole rings is 1. The van der Waals surface area contributed by atoms with Gasteiger partial charge in [-0.05, 0) is 112 Å². The smallest absolute Gasteiger partial charge is 0.257 e. The van der Waals surface area contributed by atoms with Crippen molar-refractivity contribution in [2.75, 3.05) is 26.0 Å². The predicted molar refractivity (Wildman–Crippen MR) is 325 cm³/mol. The highest BCUT2D eigenvalue weighted by Gasteiger charge is 2.30. The number of hydrogen-bond donors (Lipinski definition) is 2. The molecular weight excluding hydrogens is 961 g/mol. The standard InChI is InChI=1S/C26H32N4O2.C15H17F2NO.C9H16.C8H18.C5H10.C4H10/c1-16(2)13-20(15-18(4)24-19(5)29(6)12-11-23(24)32-8)25(31)28-26-27-21-10-9-17(3)14-22(21)30(26)7;1-3-4-13-10(5-6-14(19)18-13)15-11(16)7-9(2)8-12(15)17;1-4-7-9(6-3)8-5-2;1-4-6-7-8(3)5-2;1-2-4-5-3-1;1-3-4-2/h9-10,13-15H,1,11-12H2,2-8H3;4,7-8,10H,3,5-6H2,1-2H3,(H,18,19);1,9H,5-8H2,2-3H3;8H,4-7H2,1-3H3;1-5H2;3-4H2,1-2H3/p+1/b18-15+,20-13+;13-4+;;;;. The van der Waals surface area contributed by atoms with E-state index >= 15 is 0 Å². The Morgan fingerprint density at radius 3 is 2.05 bits per heavy atom. The van der Waals surface area contributed by atoms with Gasteiger partial charge >= 0.3 is 0 Å². The zero-order chi connectivity index (χ0) is 58.0. The van der Waals surface area contributed by atoms with Gasteiger partial charge in [-0.2, -0.15) is 0 Å². The van der Waals surface area contributed by atoms with Crippen molar-refractivity contribution in [3.63, 3.8) is 0 Å². The van der Waals surface area contributed by atoms with E-state index in [1.807, 2.05) is 63.6 Å². The zero-order valence-corrected chi connectivity index (χ0v) is 51.1. The van der Waals surface area contributed by atoms with Crippen molar-refractivity contribution in [3.05, 3.63) is 117 Å². The maximum atomic E-state index is 14.0. The number of amides is 2. The summed E-state index contributed by atoms with van der Waals surface area (Å²) in [6.45, 7) is 32.1. The van der Waals surface area contributed by atoms with E-state index in [0.717, 1.165) is 76.0 Å². The van der Waals surface area contributed by atoms with Crippen LogP contribution in [0, 0.1) is 49.7 Å². The lowest BCUT2D eigenvalue weighted by Gasteiger charge is -2.27. The Morgan fingerprint density at radius 1 is 0.922 bits per heavy atom. The van der Waals surface area contributed by atoms with E-state index in [2.05, 4.69) is 101 Å². The van der Waals surface area contributed by atoms with E-state index in [0.29, 0.717) is 42.0 Å². The first kappa shape index (κ1) is 69.5.